The van der Waals surface area contributed by atoms with Gasteiger partial charge in [-0.2, -0.15) is 5.10 Å². The first-order chi connectivity index (χ1) is 13.1. The zero-order valence-electron chi connectivity index (χ0n) is 15.3. The van der Waals surface area contributed by atoms with Crippen molar-refractivity contribution < 1.29 is 8.78 Å². The van der Waals surface area contributed by atoms with Crippen LogP contribution in [-0.4, -0.2) is 19.7 Å². The minimum Gasteiger partial charge on any atom is -0.272 e. The van der Waals surface area contributed by atoms with Crippen LogP contribution in [0.4, 0.5) is 8.78 Å². The molecule has 0 bridgehead atoms. The highest BCUT2D eigenvalue weighted by atomic mass is 19.1. The number of aromatic nitrogens is 4. The van der Waals surface area contributed by atoms with Crippen molar-refractivity contribution >= 4 is 0 Å². The Kier molecular flexibility index (Phi) is 4.97. The van der Waals surface area contributed by atoms with Gasteiger partial charge in [0.25, 0.3) is 0 Å². The van der Waals surface area contributed by atoms with Gasteiger partial charge in [-0.15, -0.1) is 0 Å². The second-order valence-electron chi connectivity index (χ2n) is 7.25. The molecule has 140 valence electrons. The normalized spacial score (nSPS) is 20.0. The van der Waals surface area contributed by atoms with Gasteiger partial charge in [0.1, 0.15) is 18.0 Å². The molecule has 2 aromatic heterocycles. The first-order valence-corrected chi connectivity index (χ1v) is 9.35. The van der Waals surface area contributed by atoms with Crippen LogP contribution >= 0.6 is 0 Å². The van der Waals surface area contributed by atoms with Crippen LogP contribution in [0.15, 0.2) is 43.0 Å². The van der Waals surface area contributed by atoms with Crippen molar-refractivity contribution in [2.75, 3.05) is 0 Å². The van der Waals surface area contributed by atoms with Gasteiger partial charge in [0.05, 0.1) is 5.69 Å². The summed E-state index contributed by atoms with van der Waals surface area (Å²) in [7, 11) is 1.94. The van der Waals surface area contributed by atoms with E-state index in [4.69, 9.17) is 0 Å². The molecule has 0 radical (unpaired) electrons. The zero-order valence-corrected chi connectivity index (χ0v) is 15.3. The third-order valence-electron chi connectivity index (χ3n) is 5.62. The fourth-order valence-electron chi connectivity index (χ4n) is 4.26. The van der Waals surface area contributed by atoms with Gasteiger partial charge in [-0.05, 0) is 55.0 Å². The van der Waals surface area contributed by atoms with Crippen LogP contribution in [0, 0.1) is 17.6 Å². The number of hydrogen-bond acceptors (Lipinski definition) is 3. The van der Waals surface area contributed by atoms with Crippen molar-refractivity contribution in [1.82, 2.24) is 19.7 Å². The molecule has 6 heteroatoms. The molecule has 2 atom stereocenters. The molecule has 1 aliphatic carbocycles. The third kappa shape index (κ3) is 3.61. The lowest BCUT2D eigenvalue weighted by Crippen LogP contribution is -2.22. The highest BCUT2D eigenvalue weighted by molar-refractivity contribution is 5.60. The highest BCUT2D eigenvalue weighted by Crippen LogP contribution is 2.40. The van der Waals surface area contributed by atoms with E-state index in [0.717, 1.165) is 25.7 Å². The molecule has 1 fully saturated rings. The van der Waals surface area contributed by atoms with Crippen LogP contribution in [0.3, 0.4) is 0 Å². The van der Waals surface area contributed by atoms with Crippen molar-refractivity contribution in [2.45, 2.75) is 38.0 Å². The lowest BCUT2D eigenvalue weighted by Gasteiger charge is -2.32. The van der Waals surface area contributed by atoms with Crippen LogP contribution in [0.5, 0.6) is 0 Å². The fraction of sp³-hybridized carbons (Fsp3) is 0.381. The lowest BCUT2D eigenvalue weighted by molar-refractivity contribution is 0.292. The molecule has 1 saturated carbocycles. The summed E-state index contributed by atoms with van der Waals surface area (Å²) in [6.45, 7) is 0. The quantitative estimate of drug-likeness (QED) is 0.672. The largest absolute Gasteiger partial charge is 0.272 e. The molecule has 27 heavy (non-hydrogen) atoms. The summed E-state index contributed by atoms with van der Waals surface area (Å²) in [5, 5.41) is 4.28. The summed E-state index contributed by atoms with van der Waals surface area (Å²) < 4.78 is 31.4. The summed E-state index contributed by atoms with van der Waals surface area (Å²) in [4.78, 5) is 7.85. The number of hydrogen-bond donors (Lipinski definition) is 0. The second-order valence-corrected chi connectivity index (χ2v) is 7.25. The van der Waals surface area contributed by atoms with Gasteiger partial charge in [-0.1, -0.05) is 12.8 Å². The molecule has 4 nitrogen and oxygen atoms in total. The summed E-state index contributed by atoms with van der Waals surface area (Å²) in [5.41, 5.74) is 2.17. The molecular weight excluding hydrogens is 346 g/mol. The number of aryl methyl sites for hydroxylation is 1. The van der Waals surface area contributed by atoms with Crippen LogP contribution in [-0.2, 0) is 13.5 Å². The van der Waals surface area contributed by atoms with E-state index in [2.05, 4.69) is 15.1 Å². The standard InChI is InChI=1S/C21H22F2N4/c1-27-21(7-9-26-27)16-5-3-2-4-14(16)10-15-11-19(23)17(12-18(15)22)20-6-8-24-13-25-20/h6-9,11-14,16H,2-5,10H2,1H3. The van der Waals surface area contributed by atoms with E-state index < -0.39 is 5.82 Å². The molecule has 1 aliphatic rings. The Morgan fingerprint density at radius 2 is 1.93 bits per heavy atom. The predicted molar refractivity (Wildman–Crippen MR) is 99.0 cm³/mol. The monoisotopic (exact) mass is 368 g/mol. The van der Waals surface area contributed by atoms with Crippen molar-refractivity contribution in [2.24, 2.45) is 13.0 Å². The Morgan fingerprint density at radius 1 is 1.07 bits per heavy atom. The first kappa shape index (κ1) is 17.8. The van der Waals surface area contributed by atoms with Gasteiger partial charge >= 0.3 is 0 Å². The maximum absolute atomic E-state index is 14.8. The van der Waals surface area contributed by atoms with Gasteiger partial charge in [0.2, 0.25) is 0 Å². The minimum atomic E-state index is -0.446. The highest BCUT2D eigenvalue weighted by Gasteiger charge is 2.29. The van der Waals surface area contributed by atoms with Crippen LogP contribution in [0.1, 0.15) is 42.9 Å². The molecule has 0 aliphatic heterocycles. The van der Waals surface area contributed by atoms with E-state index in [9.17, 15) is 8.78 Å². The van der Waals surface area contributed by atoms with Gasteiger partial charge in [-0.25, -0.2) is 18.7 Å². The number of nitrogens with zero attached hydrogens (tertiary/aromatic N) is 4. The predicted octanol–water partition coefficient (Wildman–Crippen LogP) is 4.67. The van der Waals surface area contributed by atoms with E-state index in [-0.39, 0.29) is 17.3 Å². The molecule has 0 amide bonds. The maximum Gasteiger partial charge on any atom is 0.133 e. The van der Waals surface area contributed by atoms with E-state index in [0.29, 0.717) is 23.6 Å². The minimum absolute atomic E-state index is 0.172. The van der Waals surface area contributed by atoms with Gasteiger partial charge < -0.3 is 0 Å². The van der Waals surface area contributed by atoms with E-state index in [1.165, 1.54) is 30.4 Å². The Labute approximate surface area is 157 Å². The SMILES string of the molecule is Cn1nccc1C1CCCCC1Cc1cc(F)c(-c2ccncn2)cc1F. The molecule has 4 rings (SSSR count). The van der Waals surface area contributed by atoms with Crippen molar-refractivity contribution in [1.29, 1.82) is 0 Å². The zero-order chi connectivity index (χ0) is 18.8. The number of rotatable bonds is 4. The Bertz CT molecular complexity index is 923. The topological polar surface area (TPSA) is 43.6 Å². The lowest BCUT2D eigenvalue weighted by atomic mass is 9.74. The number of halogens is 2. The van der Waals surface area contributed by atoms with Gasteiger partial charge in [0.15, 0.2) is 0 Å². The summed E-state index contributed by atoms with van der Waals surface area (Å²) in [6, 6.07) is 6.21. The first-order valence-electron chi connectivity index (χ1n) is 9.35. The molecule has 3 aromatic rings. The second kappa shape index (κ2) is 7.55. The van der Waals surface area contributed by atoms with Crippen LogP contribution < -0.4 is 0 Å². The number of benzene rings is 1. The van der Waals surface area contributed by atoms with Crippen LogP contribution in [0.25, 0.3) is 11.3 Å². The summed E-state index contributed by atoms with van der Waals surface area (Å²) >= 11 is 0. The Balaban J connectivity index is 1.62. The van der Waals surface area contributed by atoms with Crippen LogP contribution in [0.2, 0.25) is 0 Å². The summed E-state index contributed by atoms with van der Waals surface area (Å²) in [6.07, 6.45) is 9.56. The third-order valence-corrected chi connectivity index (χ3v) is 5.62. The van der Waals surface area contributed by atoms with E-state index >= 15 is 0 Å². The van der Waals surface area contributed by atoms with E-state index in [1.807, 2.05) is 17.8 Å². The van der Waals surface area contributed by atoms with Crippen molar-refractivity contribution in [3.05, 3.63) is 65.9 Å². The fourth-order valence-corrected chi connectivity index (χ4v) is 4.26. The van der Waals surface area contributed by atoms with Gasteiger partial charge in [0, 0.05) is 36.6 Å². The van der Waals surface area contributed by atoms with Crippen molar-refractivity contribution in [3.63, 3.8) is 0 Å². The molecule has 2 unspecified atom stereocenters. The van der Waals surface area contributed by atoms with Crippen molar-refractivity contribution in [3.8, 4) is 11.3 Å². The average Bonchev–Trinajstić information content (AvgIpc) is 3.11. The average molecular weight is 368 g/mol. The molecule has 0 spiro atoms. The Hall–Kier alpha value is -2.63. The summed E-state index contributed by atoms with van der Waals surface area (Å²) in [5.74, 6) is -0.208. The van der Waals surface area contributed by atoms with E-state index in [1.54, 1.807) is 12.3 Å². The molecule has 0 N–H and O–H groups in total. The van der Waals surface area contributed by atoms with Gasteiger partial charge in [-0.3, -0.25) is 4.68 Å². The molecule has 1 aromatic carbocycles. The Morgan fingerprint density at radius 3 is 2.67 bits per heavy atom. The maximum atomic E-state index is 14.8. The smallest absolute Gasteiger partial charge is 0.133 e. The molecular formula is C21H22F2N4. The molecule has 0 saturated heterocycles. The molecule has 2 heterocycles.